The van der Waals surface area contributed by atoms with Crippen molar-refractivity contribution < 1.29 is 19.5 Å². The molecule has 6 nitrogen and oxygen atoms in total. The Bertz CT molecular complexity index is 424. The lowest BCUT2D eigenvalue weighted by Crippen LogP contribution is -2.52. The van der Waals surface area contributed by atoms with Gasteiger partial charge < -0.3 is 16.2 Å². The molecule has 0 aromatic heterocycles. The summed E-state index contributed by atoms with van der Waals surface area (Å²) >= 11 is 1.26. The number of ketones is 1. The molecule has 0 saturated heterocycles. The maximum absolute atomic E-state index is 12.4. The van der Waals surface area contributed by atoms with Gasteiger partial charge in [-0.15, -0.1) is 11.8 Å². The van der Waals surface area contributed by atoms with E-state index in [0.717, 1.165) is 0 Å². The SMILES string of the molecule is CC(C)(C)SC(CC(=O)O)C(=O)NC(CN)C(=O)C(C)(C)C. The zero-order valence-electron chi connectivity index (χ0n) is 14.2. The highest BCUT2D eigenvalue weighted by molar-refractivity contribution is 8.01. The summed E-state index contributed by atoms with van der Waals surface area (Å²) < 4.78 is -0.274. The minimum absolute atomic E-state index is 0.0121. The fourth-order valence-electron chi connectivity index (χ4n) is 1.79. The molecule has 0 spiro atoms. The largest absolute Gasteiger partial charge is 0.481 e. The average molecular weight is 332 g/mol. The van der Waals surface area contributed by atoms with E-state index in [4.69, 9.17) is 10.8 Å². The first-order valence-corrected chi connectivity index (χ1v) is 8.10. The van der Waals surface area contributed by atoms with Crippen molar-refractivity contribution in [1.29, 1.82) is 0 Å². The van der Waals surface area contributed by atoms with E-state index in [9.17, 15) is 14.4 Å². The second-order valence-electron chi connectivity index (χ2n) is 7.23. The van der Waals surface area contributed by atoms with E-state index >= 15 is 0 Å². The standard InChI is InChI=1S/C15H28N2O4S/c1-14(2,3)12(20)9(8-16)17-13(21)10(7-11(18)19)22-15(4,5)6/h9-10H,7-8,16H2,1-6H3,(H,17,21)(H,18,19). The molecule has 0 aliphatic carbocycles. The molecule has 0 aliphatic heterocycles. The summed E-state index contributed by atoms with van der Waals surface area (Å²) in [5.74, 6) is -1.68. The molecule has 4 N–H and O–H groups in total. The molecule has 0 rings (SSSR count). The van der Waals surface area contributed by atoms with Gasteiger partial charge in [0.2, 0.25) is 5.91 Å². The second kappa shape index (κ2) is 7.97. The third kappa shape index (κ3) is 7.79. The van der Waals surface area contributed by atoms with Crippen LogP contribution < -0.4 is 11.1 Å². The number of nitrogens with one attached hydrogen (secondary N) is 1. The van der Waals surface area contributed by atoms with Gasteiger partial charge in [-0.2, -0.15) is 0 Å². The van der Waals surface area contributed by atoms with Gasteiger partial charge in [0.1, 0.15) is 6.04 Å². The quantitative estimate of drug-likeness (QED) is 0.650. The number of carbonyl (C=O) groups is 3. The molecular weight excluding hydrogens is 304 g/mol. The number of Topliss-reactive ketones (excluding diaryl/α,β-unsaturated/α-hetero) is 1. The molecule has 0 bridgehead atoms. The zero-order chi connectivity index (χ0) is 17.7. The van der Waals surface area contributed by atoms with Gasteiger partial charge in [-0.25, -0.2) is 0 Å². The highest BCUT2D eigenvalue weighted by atomic mass is 32.2. The zero-order valence-corrected chi connectivity index (χ0v) is 15.0. The van der Waals surface area contributed by atoms with Crippen LogP contribution in [-0.4, -0.2) is 45.3 Å². The summed E-state index contributed by atoms with van der Waals surface area (Å²) in [7, 11) is 0. The fraction of sp³-hybridized carbons (Fsp3) is 0.800. The van der Waals surface area contributed by atoms with Crippen molar-refractivity contribution in [3.05, 3.63) is 0 Å². The van der Waals surface area contributed by atoms with Crippen LogP contribution in [0.3, 0.4) is 0 Å². The Balaban J connectivity index is 5.06. The molecule has 2 unspecified atom stereocenters. The molecule has 1 amide bonds. The average Bonchev–Trinajstić information content (AvgIpc) is 2.30. The predicted octanol–water partition coefficient (Wildman–Crippen LogP) is 1.42. The Labute approximate surface area is 136 Å². The topological polar surface area (TPSA) is 109 Å². The fourth-order valence-corrected chi connectivity index (χ4v) is 3.05. The number of rotatable bonds is 7. The summed E-state index contributed by atoms with van der Waals surface area (Å²) in [6, 6.07) is -0.802. The third-order valence-corrected chi connectivity index (χ3v) is 4.13. The van der Waals surface area contributed by atoms with E-state index in [-0.39, 0.29) is 23.5 Å². The lowest BCUT2D eigenvalue weighted by Gasteiger charge is -2.28. The van der Waals surface area contributed by atoms with Crippen LogP contribution in [0.5, 0.6) is 0 Å². The van der Waals surface area contributed by atoms with Crippen molar-refractivity contribution >= 4 is 29.4 Å². The molecule has 128 valence electrons. The molecule has 0 aromatic rings. The lowest BCUT2D eigenvalue weighted by molar-refractivity contribution is -0.138. The van der Waals surface area contributed by atoms with Gasteiger partial charge in [-0.1, -0.05) is 41.5 Å². The summed E-state index contributed by atoms with van der Waals surface area (Å²) in [6.07, 6.45) is -0.297. The monoisotopic (exact) mass is 332 g/mol. The predicted molar refractivity (Wildman–Crippen MR) is 88.8 cm³/mol. The van der Waals surface area contributed by atoms with Gasteiger partial charge >= 0.3 is 5.97 Å². The van der Waals surface area contributed by atoms with E-state index < -0.39 is 28.6 Å². The number of hydrogen-bond donors (Lipinski definition) is 3. The number of thioether (sulfide) groups is 1. The van der Waals surface area contributed by atoms with Gasteiger partial charge in [0, 0.05) is 16.7 Å². The Morgan fingerprint density at radius 2 is 1.64 bits per heavy atom. The van der Waals surface area contributed by atoms with Crippen molar-refractivity contribution in [2.75, 3.05) is 6.54 Å². The first-order chi connectivity index (χ1) is 9.77. The Morgan fingerprint density at radius 1 is 1.14 bits per heavy atom. The summed E-state index contributed by atoms with van der Waals surface area (Å²) in [5.41, 5.74) is 4.96. The molecule has 0 radical (unpaired) electrons. The number of carboxylic acid groups (broad SMARTS) is 1. The lowest BCUT2D eigenvalue weighted by atomic mass is 9.86. The smallest absolute Gasteiger partial charge is 0.305 e. The minimum atomic E-state index is -1.05. The number of nitrogens with two attached hydrogens (primary N) is 1. The molecule has 0 heterocycles. The van der Waals surface area contributed by atoms with Crippen LogP contribution in [-0.2, 0) is 14.4 Å². The first-order valence-electron chi connectivity index (χ1n) is 7.22. The maximum atomic E-state index is 12.4. The number of carbonyl (C=O) groups excluding carboxylic acids is 2. The van der Waals surface area contributed by atoms with E-state index in [1.807, 2.05) is 20.8 Å². The summed E-state index contributed by atoms with van der Waals surface area (Å²) in [5, 5.41) is 10.8. The highest BCUT2D eigenvalue weighted by Crippen LogP contribution is 2.30. The molecule has 0 aliphatic rings. The number of amides is 1. The van der Waals surface area contributed by atoms with Crippen LogP contribution in [0.25, 0.3) is 0 Å². The second-order valence-corrected chi connectivity index (χ2v) is 9.26. The number of carboxylic acids is 1. The van der Waals surface area contributed by atoms with Gasteiger partial charge in [0.05, 0.1) is 11.7 Å². The van der Waals surface area contributed by atoms with Gasteiger partial charge in [-0.05, 0) is 0 Å². The molecular formula is C15H28N2O4S. The van der Waals surface area contributed by atoms with Crippen LogP contribution in [0.15, 0.2) is 0 Å². The Hall–Kier alpha value is -1.08. The van der Waals surface area contributed by atoms with Crippen LogP contribution in [0.2, 0.25) is 0 Å². The third-order valence-electron chi connectivity index (χ3n) is 2.76. The van der Waals surface area contributed by atoms with Crippen molar-refractivity contribution in [1.82, 2.24) is 5.32 Å². The molecule has 0 saturated carbocycles. The van der Waals surface area contributed by atoms with Crippen LogP contribution in [0.1, 0.15) is 48.0 Å². The Kier molecular flexibility index (Phi) is 7.57. The van der Waals surface area contributed by atoms with Crippen LogP contribution >= 0.6 is 11.8 Å². The van der Waals surface area contributed by atoms with Crippen LogP contribution in [0, 0.1) is 5.41 Å². The van der Waals surface area contributed by atoms with E-state index in [1.54, 1.807) is 20.8 Å². The minimum Gasteiger partial charge on any atom is -0.481 e. The first kappa shape index (κ1) is 20.9. The van der Waals surface area contributed by atoms with Crippen molar-refractivity contribution in [3.8, 4) is 0 Å². The molecule has 0 aromatic carbocycles. The molecule has 0 fully saturated rings. The normalized spacial score (nSPS) is 15.0. The number of hydrogen-bond acceptors (Lipinski definition) is 5. The van der Waals surface area contributed by atoms with Gasteiger partial charge in [-0.3, -0.25) is 14.4 Å². The molecule has 2 atom stereocenters. The summed E-state index contributed by atoms with van der Waals surface area (Å²) in [4.78, 5) is 35.6. The van der Waals surface area contributed by atoms with Crippen molar-refractivity contribution in [2.24, 2.45) is 11.1 Å². The van der Waals surface area contributed by atoms with Gasteiger partial charge in [0.15, 0.2) is 5.78 Å². The van der Waals surface area contributed by atoms with E-state index in [1.165, 1.54) is 11.8 Å². The number of aliphatic carboxylic acids is 1. The molecule has 22 heavy (non-hydrogen) atoms. The Morgan fingerprint density at radius 3 is 1.95 bits per heavy atom. The van der Waals surface area contributed by atoms with Crippen molar-refractivity contribution in [3.63, 3.8) is 0 Å². The highest BCUT2D eigenvalue weighted by Gasteiger charge is 2.33. The summed E-state index contributed by atoms with van der Waals surface area (Å²) in [6.45, 7) is 11.0. The van der Waals surface area contributed by atoms with E-state index in [2.05, 4.69) is 5.32 Å². The van der Waals surface area contributed by atoms with Gasteiger partial charge in [0.25, 0.3) is 0 Å². The van der Waals surface area contributed by atoms with Crippen molar-refractivity contribution in [2.45, 2.75) is 64.0 Å². The van der Waals surface area contributed by atoms with Crippen LogP contribution in [0.4, 0.5) is 0 Å². The van der Waals surface area contributed by atoms with E-state index in [0.29, 0.717) is 0 Å². The molecule has 7 heteroatoms. The maximum Gasteiger partial charge on any atom is 0.305 e.